The number of benzene rings is 3. The van der Waals surface area contributed by atoms with Crippen LogP contribution in [0.25, 0.3) is 21.5 Å². The van der Waals surface area contributed by atoms with E-state index in [4.69, 9.17) is 5.73 Å². The first kappa shape index (κ1) is 17.8. The van der Waals surface area contributed by atoms with Crippen LogP contribution in [-0.4, -0.2) is 0 Å². The second-order valence-corrected chi connectivity index (χ2v) is 7.37. The number of hydrogen-bond donors (Lipinski definition) is 1. The van der Waals surface area contributed by atoms with Crippen LogP contribution in [0.5, 0.6) is 0 Å². The average molecular weight is 334 g/mol. The van der Waals surface area contributed by atoms with Crippen molar-refractivity contribution < 1.29 is 0 Å². The van der Waals surface area contributed by atoms with Crippen LogP contribution in [-0.2, 0) is 6.42 Å². The largest absolute Gasteiger partial charge is 0.399 e. The van der Waals surface area contributed by atoms with E-state index in [1.54, 1.807) is 0 Å². The number of nitrogen functional groups attached to an aromatic ring is 1. The SMILES string of the molecule is CCCCCCCCCCc1ccc2cc3ccc(N)cc3cc2c1. The first-order valence-electron chi connectivity index (χ1n) is 9.98. The molecule has 0 aliphatic heterocycles. The van der Waals surface area contributed by atoms with Gasteiger partial charge in [0, 0.05) is 5.69 Å². The average Bonchev–Trinajstić information content (AvgIpc) is 2.62. The third-order valence-corrected chi connectivity index (χ3v) is 5.20. The van der Waals surface area contributed by atoms with Crippen molar-refractivity contribution in [2.45, 2.75) is 64.7 Å². The fraction of sp³-hybridized carbons (Fsp3) is 0.417. The van der Waals surface area contributed by atoms with Crippen LogP contribution >= 0.6 is 0 Å². The van der Waals surface area contributed by atoms with Gasteiger partial charge in [-0.1, -0.05) is 76.1 Å². The minimum atomic E-state index is 0.835. The summed E-state index contributed by atoms with van der Waals surface area (Å²) in [7, 11) is 0. The molecule has 132 valence electrons. The van der Waals surface area contributed by atoms with Crippen molar-refractivity contribution in [3.8, 4) is 0 Å². The number of fused-ring (bicyclic) bond motifs is 2. The molecular weight excluding hydrogens is 302 g/mol. The molecular formula is C24H31N. The molecule has 3 aromatic rings. The molecule has 0 saturated carbocycles. The Hall–Kier alpha value is -2.02. The van der Waals surface area contributed by atoms with Gasteiger partial charge < -0.3 is 5.73 Å². The smallest absolute Gasteiger partial charge is 0.0320 e. The summed E-state index contributed by atoms with van der Waals surface area (Å²) in [5.74, 6) is 0. The van der Waals surface area contributed by atoms with Crippen molar-refractivity contribution in [3.05, 3.63) is 54.1 Å². The molecule has 0 atom stereocenters. The normalized spacial score (nSPS) is 11.4. The quantitative estimate of drug-likeness (QED) is 0.249. The Morgan fingerprint density at radius 1 is 0.600 bits per heavy atom. The monoisotopic (exact) mass is 333 g/mol. The van der Waals surface area contributed by atoms with Crippen molar-refractivity contribution in [1.29, 1.82) is 0 Å². The molecule has 3 rings (SSSR count). The summed E-state index contributed by atoms with van der Waals surface area (Å²) in [5, 5.41) is 5.14. The maximum atomic E-state index is 5.93. The Labute approximate surface area is 152 Å². The van der Waals surface area contributed by atoms with E-state index in [0.717, 1.165) is 5.69 Å². The van der Waals surface area contributed by atoms with Gasteiger partial charge in [0.1, 0.15) is 0 Å². The number of anilines is 1. The van der Waals surface area contributed by atoms with Gasteiger partial charge >= 0.3 is 0 Å². The zero-order chi connectivity index (χ0) is 17.5. The zero-order valence-corrected chi connectivity index (χ0v) is 15.6. The Kier molecular flexibility index (Phi) is 6.33. The molecule has 0 unspecified atom stereocenters. The third-order valence-electron chi connectivity index (χ3n) is 5.20. The summed E-state index contributed by atoms with van der Waals surface area (Å²) in [5.41, 5.74) is 8.23. The van der Waals surface area contributed by atoms with Gasteiger partial charge in [-0.25, -0.2) is 0 Å². The van der Waals surface area contributed by atoms with Crippen LogP contribution in [0.15, 0.2) is 48.5 Å². The highest BCUT2D eigenvalue weighted by molar-refractivity contribution is 5.99. The Morgan fingerprint density at radius 2 is 1.20 bits per heavy atom. The fourth-order valence-corrected chi connectivity index (χ4v) is 3.68. The van der Waals surface area contributed by atoms with Crippen LogP contribution in [0.4, 0.5) is 5.69 Å². The zero-order valence-electron chi connectivity index (χ0n) is 15.6. The molecule has 0 aromatic heterocycles. The number of nitrogens with two attached hydrogens (primary N) is 1. The van der Waals surface area contributed by atoms with E-state index >= 15 is 0 Å². The van der Waals surface area contributed by atoms with E-state index in [2.05, 4.69) is 49.4 Å². The summed E-state index contributed by atoms with van der Waals surface area (Å²) in [6, 6.07) is 17.6. The van der Waals surface area contributed by atoms with Gasteiger partial charge in [-0.2, -0.15) is 0 Å². The van der Waals surface area contributed by atoms with Crippen LogP contribution in [0, 0.1) is 0 Å². The van der Waals surface area contributed by atoms with Crippen LogP contribution < -0.4 is 5.73 Å². The summed E-state index contributed by atoms with van der Waals surface area (Å²) in [4.78, 5) is 0. The molecule has 0 spiro atoms. The van der Waals surface area contributed by atoms with Gasteiger partial charge in [-0.3, -0.25) is 0 Å². The highest BCUT2D eigenvalue weighted by atomic mass is 14.5. The molecule has 1 heteroatoms. The first-order valence-corrected chi connectivity index (χ1v) is 9.98. The predicted molar refractivity (Wildman–Crippen MR) is 112 cm³/mol. The van der Waals surface area contributed by atoms with E-state index < -0.39 is 0 Å². The Bertz CT molecular complexity index is 819. The number of hydrogen-bond acceptors (Lipinski definition) is 1. The van der Waals surface area contributed by atoms with Gasteiger partial charge in [0.05, 0.1) is 0 Å². The molecule has 2 N–H and O–H groups in total. The number of rotatable bonds is 9. The molecule has 0 radical (unpaired) electrons. The predicted octanol–water partition coefficient (Wildman–Crippen LogP) is 7.26. The molecule has 1 nitrogen and oxygen atoms in total. The van der Waals surface area contributed by atoms with Gasteiger partial charge in [-0.05, 0) is 64.2 Å². The molecule has 0 saturated heterocycles. The molecule has 0 fully saturated rings. The van der Waals surface area contributed by atoms with Gasteiger partial charge in [0.25, 0.3) is 0 Å². The van der Waals surface area contributed by atoms with Gasteiger partial charge in [0.15, 0.2) is 0 Å². The summed E-state index contributed by atoms with van der Waals surface area (Å²) < 4.78 is 0. The summed E-state index contributed by atoms with van der Waals surface area (Å²) >= 11 is 0. The maximum absolute atomic E-state index is 5.93. The molecule has 0 aliphatic rings. The van der Waals surface area contributed by atoms with Crippen molar-refractivity contribution in [2.75, 3.05) is 5.73 Å². The van der Waals surface area contributed by atoms with E-state index in [9.17, 15) is 0 Å². The lowest BCUT2D eigenvalue weighted by atomic mass is 9.99. The number of aryl methyl sites for hydroxylation is 1. The lowest BCUT2D eigenvalue weighted by Crippen LogP contribution is -1.88. The molecule has 0 amide bonds. The van der Waals surface area contributed by atoms with Gasteiger partial charge in [0.2, 0.25) is 0 Å². The Balaban J connectivity index is 1.56. The van der Waals surface area contributed by atoms with Crippen molar-refractivity contribution in [1.82, 2.24) is 0 Å². The van der Waals surface area contributed by atoms with Crippen molar-refractivity contribution >= 4 is 27.2 Å². The highest BCUT2D eigenvalue weighted by Gasteiger charge is 2.01. The summed E-state index contributed by atoms with van der Waals surface area (Å²) in [6.07, 6.45) is 12.2. The van der Waals surface area contributed by atoms with Crippen LogP contribution in [0.1, 0.15) is 63.9 Å². The molecule has 3 aromatic carbocycles. The van der Waals surface area contributed by atoms with E-state index in [0.29, 0.717) is 0 Å². The van der Waals surface area contributed by atoms with Crippen LogP contribution in [0.2, 0.25) is 0 Å². The first-order chi connectivity index (χ1) is 12.3. The van der Waals surface area contributed by atoms with E-state index in [1.165, 1.54) is 84.9 Å². The Morgan fingerprint density at radius 3 is 1.96 bits per heavy atom. The third kappa shape index (κ3) is 4.98. The molecule has 0 bridgehead atoms. The second kappa shape index (κ2) is 8.89. The van der Waals surface area contributed by atoms with E-state index in [1.807, 2.05) is 6.07 Å². The van der Waals surface area contributed by atoms with Crippen molar-refractivity contribution in [3.63, 3.8) is 0 Å². The van der Waals surface area contributed by atoms with E-state index in [-0.39, 0.29) is 0 Å². The van der Waals surface area contributed by atoms with Crippen molar-refractivity contribution in [2.24, 2.45) is 0 Å². The fourth-order valence-electron chi connectivity index (χ4n) is 3.68. The molecule has 0 heterocycles. The molecule has 25 heavy (non-hydrogen) atoms. The second-order valence-electron chi connectivity index (χ2n) is 7.37. The van der Waals surface area contributed by atoms with Crippen LogP contribution in [0.3, 0.4) is 0 Å². The lowest BCUT2D eigenvalue weighted by molar-refractivity contribution is 0.575. The highest BCUT2D eigenvalue weighted by Crippen LogP contribution is 2.26. The summed E-state index contributed by atoms with van der Waals surface area (Å²) in [6.45, 7) is 2.28. The standard InChI is InChI=1S/C24H31N/c1-2-3-4-5-6-7-8-9-10-19-11-12-20-16-21-13-14-24(25)18-23(21)17-22(20)15-19/h11-18H,2-10,25H2,1H3. The minimum absolute atomic E-state index is 0.835. The lowest BCUT2D eigenvalue weighted by Gasteiger charge is -2.07. The molecule has 0 aliphatic carbocycles. The number of unbranched alkanes of at least 4 members (excludes halogenated alkanes) is 7. The minimum Gasteiger partial charge on any atom is -0.399 e. The topological polar surface area (TPSA) is 26.0 Å². The van der Waals surface area contributed by atoms with Gasteiger partial charge in [-0.15, -0.1) is 0 Å². The maximum Gasteiger partial charge on any atom is 0.0320 e.